The van der Waals surface area contributed by atoms with Crippen molar-refractivity contribution in [3.8, 4) is 0 Å². The molecule has 0 spiro atoms. The van der Waals surface area contributed by atoms with Gasteiger partial charge in [0, 0.05) is 32.0 Å². The van der Waals surface area contributed by atoms with Gasteiger partial charge in [0.15, 0.2) is 0 Å². The Hall–Kier alpha value is -0.910. The summed E-state index contributed by atoms with van der Waals surface area (Å²) in [6.45, 7) is 4.16. The Morgan fingerprint density at radius 1 is 1.30 bits per heavy atom. The van der Waals surface area contributed by atoms with Gasteiger partial charge in [-0.05, 0) is 18.9 Å². The van der Waals surface area contributed by atoms with Crippen LogP contribution in [0.2, 0.25) is 0 Å². The molecule has 20 heavy (non-hydrogen) atoms. The van der Waals surface area contributed by atoms with Crippen molar-refractivity contribution >= 4 is 0 Å². The van der Waals surface area contributed by atoms with Crippen LogP contribution in [0.4, 0.5) is 0 Å². The molecule has 1 atom stereocenters. The molecule has 1 aliphatic heterocycles. The average molecular weight is 279 g/mol. The lowest BCUT2D eigenvalue weighted by Gasteiger charge is -2.40. The molecule has 2 fully saturated rings. The van der Waals surface area contributed by atoms with Crippen LogP contribution in [0, 0.1) is 0 Å². The third-order valence-corrected chi connectivity index (χ3v) is 4.47. The van der Waals surface area contributed by atoms with E-state index in [4.69, 9.17) is 4.74 Å². The largest absolute Gasteiger partial charge is 0.389 e. The Morgan fingerprint density at radius 3 is 2.90 bits per heavy atom. The van der Waals surface area contributed by atoms with Gasteiger partial charge in [0.05, 0.1) is 24.9 Å². The van der Waals surface area contributed by atoms with E-state index in [2.05, 4.69) is 10.00 Å². The first-order chi connectivity index (χ1) is 9.73. The van der Waals surface area contributed by atoms with Crippen molar-refractivity contribution in [2.75, 3.05) is 26.2 Å². The van der Waals surface area contributed by atoms with Crippen LogP contribution in [0.1, 0.15) is 32.1 Å². The molecule has 5 heteroatoms. The van der Waals surface area contributed by atoms with E-state index >= 15 is 0 Å². The van der Waals surface area contributed by atoms with Crippen LogP contribution in [-0.4, -0.2) is 57.7 Å². The summed E-state index contributed by atoms with van der Waals surface area (Å²) in [4.78, 5) is 2.36. The molecule has 2 heterocycles. The minimum absolute atomic E-state index is 0.177. The second-order valence-electron chi connectivity index (χ2n) is 6.24. The number of hydrogen-bond donors (Lipinski definition) is 1. The summed E-state index contributed by atoms with van der Waals surface area (Å²) < 4.78 is 7.74. The Kier molecular flexibility index (Phi) is 4.38. The Balaban J connectivity index is 1.52. The van der Waals surface area contributed by atoms with Gasteiger partial charge in [-0.25, -0.2) is 0 Å². The number of aliphatic hydroxyl groups is 1. The van der Waals surface area contributed by atoms with E-state index in [0.29, 0.717) is 0 Å². The first kappa shape index (κ1) is 14.0. The summed E-state index contributed by atoms with van der Waals surface area (Å²) >= 11 is 0. The monoisotopic (exact) mass is 279 g/mol. The highest BCUT2D eigenvalue weighted by Crippen LogP contribution is 2.29. The highest BCUT2D eigenvalue weighted by Gasteiger charge is 2.33. The molecule has 2 aliphatic rings. The van der Waals surface area contributed by atoms with Crippen molar-refractivity contribution in [1.29, 1.82) is 0 Å². The number of rotatable bonds is 4. The smallest absolute Gasteiger partial charge is 0.0898 e. The zero-order valence-electron chi connectivity index (χ0n) is 12.1. The Bertz CT molecular complexity index is 401. The SMILES string of the molecule is OC1(CN2CCO[C@@H](Cn3cccn3)C2)CCCCC1. The molecule has 1 N–H and O–H groups in total. The van der Waals surface area contributed by atoms with E-state index in [1.807, 2.05) is 16.9 Å². The van der Waals surface area contributed by atoms with Gasteiger partial charge < -0.3 is 9.84 Å². The fraction of sp³-hybridized carbons (Fsp3) is 0.800. The second kappa shape index (κ2) is 6.24. The first-order valence-electron chi connectivity index (χ1n) is 7.77. The fourth-order valence-electron chi connectivity index (χ4n) is 3.44. The van der Waals surface area contributed by atoms with Crippen molar-refractivity contribution in [3.63, 3.8) is 0 Å². The maximum absolute atomic E-state index is 10.7. The second-order valence-corrected chi connectivity index (χ2v) is 6.24. The predicted octanol–water partition coefficient (Wildman–Crippen LogP) is 1.28. The summed E-state index contributed by atoms with van der Waals surface area (Å²) in [6.07, 6.45) is 9.45. The van der Waals surface area contributed by atoms with E-state index in [0.717, 1.165) is 58.5 Å². The van der Waals surface area contributed by atoms with Crippen LogP contribution in [0.25, 0.3) is 0 Å². The van der Waals surface area contributed by atoms with Gasteiger partial charge in [0.25, 0.3) is 0 Å². The number of β-amino-alcohol motifs (C(OH)–C–C–N with tert-alkyl or cyclic N) is 1. The van der Waals surface area contributed by atoms with Crippen LogP contribution in [0.15, 0.2) is 18.5 Å². The van der Waals surface area contributed by atoms with Crippen LogP contribution in [0.5, 0.6) is 0 Å². The molecule has 0 bridgehead atoms. The van der Waals surface area contributed by atoms with Gasteiger partial charge in [-0.1, -0.05) is 19.3 Å². The lowest BCUT2D eigenvalue weighted by atomic mass is 9.84. The predicted molar refractivity (Wildman–Crippen MR) is 76.4 cm³/mol. The average Bonchev–Trinajstić information content (AvgIpc) is 2.92. The minimum atomic E-state index is -0.466. The topological polar surface area (TPSA) is 50.5 Å². The van der Waals surface area contributed by atoms with E-state index in [9.17, 15) is 5.11 Å². The number of aromatic nitrogens is 2. The van der Waals surface area contributed by atoms with E-state index < -0.39 is 5.60 Å². The molecule has 3 rings (SSSR count). The van der Waals surface area contributed by atoms with Gasteiger partial charge in [0.2, 0.25) is 0 Å². The normalized spacial score (nSPS) is 27.6. The number of morpholine rings is 1. The van der Waals surface area contributed by atoms with Gasteiger partial charge in [-0.15, -0.1) is 0 Å². The molecule has 1 aliphatic carbocycles. The highest BCUT2D eigenvalue weighted by atomic mass is 16.5. The third kappa shape index (κ3) is 3.59. The molecule has 0 amide bonds. The van der Waals surface area contributed by atoms with Crippen molar-refractivity contribution < 1.29 is 9.84 Å². The Morgan fingerprint density at radius 2 is 2.15 bits per heavy atom. The molecular weight excluding hydrogens is 254 g/mol. The van der Waals surface area contributed by atoms with Crippen molar-refractivity contribution in [1.82, 2.24) is 14.7 Å². The molecule has 112 valence electrons. The lowest BCUT2D eigenvalue weighted by Crippen LogP contribution is -2.51. The Labute approximate surface area is 120 Å². The quantitative estimate of drug-likeness (QED) is 0.902. The van der Waals surface area contributed by atoms with Gasteiger partial charge >= 0.3 is 0 Å². The van der Waals surface area contributed by atoms with E-state index in [1.54, 1.807) is 6.20 Å². The molecule has 1 aromatic heterocycles. The maximum Gasteiger partial charge on any atom is 0.0898 e. The lowest BCUT2D eigenvalue weighted by molar-refractivity contribution is -0.0796. The molecule has 1 saturated heterocycles. The van der Waals surface area contributed by atoms with Crippen molar-refractivity contribution in [2.24, 2.45) is 0 Å². The molecule has 0 radical (unpaired) electrons. The minimum Gasteiger partial charge on any atom is -0.389 e. The van der Waals surface area contributed by atoms with Crippen LogP contribution in [-0.2, 0) is 11.3 Å². The van der Waals surface area contributed by atoms with Crippen molar-refractivity contribution in [3.05, 3.63) is 18.5 Å². The standard InChI is InChI=1S/C15H25N3O2/c19-15(5-2-1-3-6-15)13-17-9-10-20-14(11-17)12-18-8-4-7-16-18/h4,7-8,14,19H,1-3,5-6,9-13H2/t14-/m1/s1. The number of hydrogen-bond acceptors (Lipinski definition) is 4. The molecule has 0 aromatic carbocycles. The van der Waals surface area contributed by atoms with E-state index in [1.165, 1.54) is 6.42 Å². The third-order valence-electron chi connectivity index (χ3n) is 4.47. The zero-order valence-corrected chi connectivity index (χ0v) is 12.1. The molecular formula is C15H25N3O2. The zero-order chi connectivity index (χ0) is 13.8. The summed E-state index contributed by atoms with van der Waals surface area (Å²) in [7, 11) is 0. The number of ether oxygens (including phenoxy) is 1. The van der Waals surface area contributed by atoms with Gasteiger partial charge in [-0.3, -0.25) is 9.58 Å². The molecule has 1 aromatic rings. The van der Waals surface area contributed by atoms with Crippen LogP contribution in [0.3, 0.4) is 0 Å². The molecule has 0 unspecified atom stereocenters. The highest BCUT2D eigenvalue weighted by molar-refractivity contribution is 4.87. The van der Waals surface area contributed by atoms with Gasteiger partial charge in [-0.2, -0.15) is 5.10 Å². The van der Waals surface area contributed by atoms with Crippen molar-refractivity contribution in [2.45, 2.75) is 50.4 Å². The van der Waals surface area contributed by atoms with Gasteiger partial charge in [0.1, 0.15) is 0 Å². The maximum atomic E-state index is 10.7. The number of nitrogens with zero attached hydrogens (tertiary/aromatic N) is 3. The van der Waals surface area contributed by atoms with Crippen LogP contribution < -0.4 is 0 Å². The molecule has 1 saturated carbocycles. The molecule has 5 nitrogen and oxygen atoms in total. The van der Waals surface area contributed by atoms with Crippen LogP contribution >= 0.6 is 0 Å². The summed E-state index contributed by atoms with van der Waals surface area (Å²) in [5, 5.41) is 14.9. The summed E-state index contributed by atoms with van der Waals surface area (Å²) in [6, 6.07) is 1.94. The fourth-order valence-corrected chi connectivity index (χ4v) is 3.44. The van der Waals surface area contributed by atoms with E-state index in [-0.39, 0.29) is 6.10 Å². The first-order valence-corrected chi connectivity index (χ1v) is 7.77. The summed E-state index contributed by atoms with van der Waals surface area (Å²) in [5.41, 5.74) is -0.466. The summed E-state index contributed by atoms with van der Waals surface area (Å²) in [5.74, 6) is 0.